The average molecular weight is 278 g/mol. The summed E-state index contributed by atoms with van der Waals surface area (Å²) >= 11 is 1.70. The molecular formula is C13H18N4OS. The normalized spacial score (nSPS) is 10.7. The molecule has 2 aromatic heterocycles. The topological polar surface area (TPSA) is 59.8 Å². The Labute approximate surface area is 116 Å². The van der Waals surface area contributed by atoms with Crippen molar-refractivity contribution in [3.05, 3.63) is 33.5 Å². The summed E-state index contributed by atoms with van der Waals surface area (Å²) in [6, 6.07) is 0. The Bertz CT molecular complexity index is 573. The van der Waals surface area contributed by atoms with E-state index in [1.807, 2.05) is 27.1 Å². The van der Waals surface area contributed by atoms with Crippen LogP contribution < -0.4 is 5.32 Å². The van der Waals surface area contributed by atoms with Crippen LogP contribution in [0, 0.1) is 13.8 Å². The molecule has 0 saturated carbocycles. The predicted octanol–water partition coefficient (Wildman–Crippen LogP) is 1.39. The molecule has 0 atom stereocenters. The lowest BCUT2D eigenvalue weighted by atomic mass is 10.2. The van der Waals surface area contributed by atoms with E-state index in [-0.39, 0.29) is 5.91 Å². The first kappa shape index (κ1) is 13.7. The van der Waals surface area contributed by atoms with Gasteiger partial charge in [0.2, 0.25) is 5.91 Å². The molecule has 1 amide bonds. The molecule has 0 aliphatic carbocycles. The van der Waals surface area contributed by atoms with Crippen LogP contribution in [0.3, 0.4) is 0 Å². The number of rotatable bonds is 5. The Hall–Kier alpha value is -1.69. The third kappa shape index (κ3) is 3.89. The smallest absolute Gasteiger partial charge is 0.224 e. The van der Waals surface area contributed by atoms with Crippen LogP contribution in [0.2, 0.25) is 0 Å². The van der Waals surface area contributed by atoms with Gasteiger partial charge in [-0.3, -0.25) is 9.48 Å². The molecule has 0 aliphatic heterocycles. The van der Waals surface area contributed by atoms with Gasteiger partial charge in [-0.25, -0.2) is 4.98 Å². The van der Waals surface area contributed by atoms with Gasteiger partial charge in [-0.15, -0.1) is 11.3 Å². The zero-order chi connectivity index (χ0) is 13.8. The van der Waals surface area contributed by atoms with Gasteiger partial charge in [0.1, 0.15) is 0 Å². The molecule has 0 fully saturated rings. The number of nitrogens with one attached hydrogen (secondary N) is 1. The van der Waals surface area contributed by atoms with Crippen LogP contribution in [-0.2, 0) is 24.7 Å². The number of carbonyl (C=O) groups excluding carboxylic acids is 1. The van der Waals surface area contributed by atoms with Gasteiger partial charge in [0.25, 0.3) is 0 Å². The molecule has 5 nitrogen and oxygen atoms in total. The summed E-state index contributed by atoms with van der Waals surface area (Å²) in [5, 5.41) is 8.05. The predicted molar refractivity (Wildman–Crippen MR) is 75.2 cm³/mol. The Morgan fingerprint density at radius 1 is 1.47 bits per heavy atom. The van der Waals surface area contributed by atoms with E-state index < -0.39 is 0 Å². The molecule has 2 aromatic rings. The van der Waals surface area contributed by atoms with Crippen molar-refractivity contribution in [2.45, 2.75) is 26.7 Å². The van der Waals surface area contributed by atoms with E-state index >= 15 is 0 Å². The van der Waals surface area contributed by atoms with Crippen molar-refractivity contribution in [1.82, 2.24) is 20.1 Å². The second-order valence-corrected chi connectivity index (χ2v) is 5.83. The maximum absolute atomic E-state index is 11.7. The third-order valence-electron chi connectivity index (χ3n) is 2.80. The summed E-state index contributed by atoms with van der Waals surface area (Å²) < 4.78 is 1.70. The van der Waals surface area contributed by atoms with E-state index in [1.165, 1.54) is 4.88 Å². The summed E-state index contributed by atoms with van der Waals surface area (Å²) in [5.41, 5.74) is 2.01. The monoisotopic (exact) mass is 278 g/mol. The minimum Gasteiger partial charge on any atom is -0.355 e. The molecule has 0 aliphatic rings. The molecule has 0 unspecified atom stereocenters. The lowest BCUT2D eigenvalue weighted by Gasteiger charge is -2.03. The zero-order valence-electron chi connectivity index (χ0n) is 11.4. The standard InChI is InChI=1S/C13H18N4OS/c1-9-12(19-10(2)16-9)4-5-14-13(18)6-11-7-15-17(3)8-11/h7-8H,4-6H2,1-3H3,(H,14,18). The maximum atomic E-state index is 11.7. The highest BCUT2D eigenvalue weighted by atomic mass is 32.1. The Kier molecular flexibility index (Phi) is 4.31. The first-order chi connectivity index (χ1) is 9.04. The maximum Gasteiger partial charge on any atom is 0.224 e. The van der Waals surface area contributed by atoms with E-state index in [0.29, 0.717) is 13.0 Å². The summed E-state index contributed by atoms with van der Waals surface area (Å²) in [6.07, 6.45) is 4.80. The number of aryl methyl sites for hydroxylation is 3. The molecule has 19 heavy (non-hydrogen) atoms. The van der Waals surface area contributed by atoms with Crippen LogP contribution in [0.1, 0.15) is 21.1 Å². The number of thiazole rings is 1. The van der Waals surface area contributed by atoms with Gasteiger partial charge in [0.05, 0.1) is 23.3 Å². The van der Waals surface area contributed by atoms with Gasteiger partial charge in [-0.1, -0.05) is 0 Å². The average Bonchev–Trinajstić information content (AvgIpc) is 2.86. The van der Waals surface area contributed by atoms with Crippen molar-refractivity contribution in [2.75, 3.05) is 6.54 Å². The Balaban J connectivity index is 1.76. The van der Waals surface area contributed by atoms with Crippen molar-refractivity contribution in [3.63, 3.8) is 0 Å². The van der Waals surface area contributed by atoms with E-state index in [9.17, 15) is 4.79 Å². The highest BCUT2D eigenvalue weighted by molar-refractivity contribution is 7.11. The molecule has 102 valence electrons. The van der Waals surface area contributed by atoms with Gasteiger partial charge in [0, 0.05) is 31.1 Å². The van der Waals surface area contributed by atoms with Crippen molar-refractivity contribution < 1.29 is 4.79 Å². The molecule has 1 N–H and O–H groups in total. The van der Waals surface area contributed by atoms with E-state index in [0.717, 1.165) is 22.7 Å². The number of hydrogen-bond acceptors (Lipinski definition) is 4. The van der Waals surface area contributed by atoms with Crippen molar-refractivity contribution in [1.29, 1.82) is 0 Å². The fourth-order valence-corrected chi connectivity index (χ4v) is 2.87. The lowest BCUT2D eigenvalue weighted by molar-refractivity contribution is -0.120. The summed E-state index contributed by atoms with van der Waals surface area (Å²) in [5.74, 6) is 0.0342. The highest BCUT2D eigenvalue weighted by Crippen LogP contribution is 2.17. The summed E-state index contributed by atoms with van der Waals surface area (Å²) in [7, 11) is 1.84. The Morgan fingerprint density at radius 3 is 2.84 bits per heavy atom. The molecule has 0 radical (unpaired) electrons. The molecule has 6 heteroatoms. The number of hydrogen-bond donors (Lipinski definition) is 1. The third-order valence-corrected chi connectivity index (χ3v) is 3.93. The van der Waals surface area contributed by atoms with Gasteiger partial charge < -0.3 is 5.32 Å². The van der Waals surface area contributed by atoms with Gasteiger partial charge >= 0.3 is 0 Å². The Morgan fingerprint density at radius 2 is 2.26 bits per heavy atom. The van der Waals surface area contributed by atoms with E-state index in [2.05, 4.69) is 15.4 Å². The van der Waals surface area contributed by atoms with E-state index in [4.69, 9.17) is 0 Å². The quantitative estimate of drug-likeness (QED) is 0.899. The van der Waals surface area contributed by atoms with Crippen molar-refractivity contribution in [3.8, 4) is 0 Å². The highest BCUT2D eigenvalue weighted by Gasteiger charge is 2.07. The minimum atomic E-state index is 0.0342. The number of aromatic nitrogens is 3. The van der Waals surface area contributed by atoms with E-state index in [1.54, 1.807) is 22.2 Å². The van der Waals surface area contributed by atoms with Crippen LogP contribution >= 0.6 is 11.3 Å². The first-order valence-corrected chi connectivity index (χ1v) is 7.03. The molecule has 2 rings (SSSR count). The van der Waals surface area contributed by atoms with Crippen molar-refractivity contribution >= 4 is 17.2 Å². The SMILES string of the molecule is Cc1nc(C)c(CCNC(=O)Cc2cnn(C)c2)s1. The number of amides is 1. The molecule has 0 aromatic carbocycles. The first-order valence-electron chi connectivity index (χ1n) is 6.21. The molecule has 0 saturated heterocycles. The molecule has 2 heterocycles. The number of carbonyl (C=O) groups is 1. The van der Waals surface area contributed by atoms with Crippen LogP contribution in [0.25, 0.3) is 0 Å². The van der Waals surface area contributed by atoms with Gasteiger partial charge in [-0.2, -0.15) is 5.10 Å². The van der Waals surface area contributed by atoms with Gasteiger partial charge in [0.15, 0.2) is 0 Å². The fraction of sp³-hybridized carbons (Fsp3) is 0.462. The second-order valence-electron chi connectivity index (χ2n) is 4.54. The van der Waals surface area contributed by atoms with Gasteiger partial charge in [-0.05, 0) is 19.4 Å². The van der Waals surface area contributed by atoms with Crippen LogP contribution in [0.5, 0.6) is 0 Å². The molecular weight excluding hydrogens is 260 g/mol. The molecule has 0 spiro atoms. The lowest BCUT2D eigenvalue weighted by Crippen LogP contribution is -2.27. The van der Waals surface area contributed by atoms with Crippen LogP contribution in [-0.4, -0.2) is 27.2 Å². The van der Waals surface area contributed by atoms with Crippen molar-refractivity contribution in [2.24, 2.45) is 7.05 Å². The summed E-state index contributed by atoms with van der Waals surface area (Å²) in [6.45, 7) is 4.67. The number of nitrogens with zero attached hydrogens (tertiary/aromatic N) is 3. The summed E-state index contributed by atoms with van der Waals surface area (Å²) in [4.78, 5) is 17.4. The van der Waals surface area contributed by atoms with Crippen LogP contribution in [0.4, 0.5) is 0 Å². The largest absolute Gasteiger partial charge is 0.355 e. The fourth-order valence-electron chi connectivity index (χ4n) is 1.93. The zero-order valence-corrected chi connectivity index (χ0v) is 12.3. The second kappa shape index (κ2) is 5.97. The van der Waals surface area contributed by atoms with Crippen LogP contribution in [0.15, 0.2) is 12.4 Å². The minimum absolute atomic E-state index is 0.0342. The molecule has 0 bridgehead atoms.